The molecule has 0 bridgehead atoms. The lowest BCUT2D eigenvalue weighted by molar-refractivity contribution is -0.143. The molecular weight excluding hydrogens is 294 g/mol. The summed E-state index contributed by atoms with van der Waals surface area (Å²) in [4.78, 5) is 21.9. The van der Waals surface area contributed by atoms with Crippen molar-refractivity contribution in [2.45, 2.75) is 12.4 Å². The van der Waals surface area contributed by atoms with Crippen molar-refractivity contribution >= 4 is 12.3 Å². The molecule has 0 aliphatic rings. The Balaban J connectivity index is 3.75. The Morgan fingerprint density at radius 2 is 1.65 bits per heavy atom. The number of alkyl halides is 6. The number of hydrogen-bond acceptors (Lipinski definition) is 3. The molecule has 9 heteroatoms. The van der Waals surface area contributed by atoms with Crippen LogP contribution in [0.4, 0.5) is 26.3 Å². The monoisotopic (exact) mass is 300 g/mol. The largest absolute Gasteiger partial charge is 0.465 e. The van der Waals surface area contributed by atoms with Crippen LogP contribution in [0.25, 0.3) is 0 Å². The smallest absolute Gasteiger partial charge is 0.417 e. The molecule has 0 unspecified atom stereocenters. The van der Waals surface area contributed by atoms with E-state index in [4.69, 9.17) is 0 Å². The minimum atomic E-state index is -5.25. The first-order valence-electron chi connectivity index (χ1n) is 4.88. The number of rotatable bonds is 2. The van der Waals surface area contributed by atoms with Crippen molar-refractivity contribution in [2.75, 3.05) is 7.11 Å². The molecule has 0 spiro atoms. The van der Waals surface area contributed by atoms with Crippen LogP contribution >= 0.6 is 0 Å². The van der Waals surface area contributed by atoms with Crippen LogP contribution in [0, 0.1) is 0 Å². The molecule has 0 fully saturated rings. The van der Waals surface area contributed by atoms with Crippen molar-refractivity contribution in [3.8, 4) is 0 Å². The topological polar surface area (TPSA) is 43.4 Å². The van der Waals surface area contributed by atoms with Crippen molar-refractivity contribution in [1.29, 1.82) is 0 Å². The van der Waals surface area contributed by atoms with Crippen LogP contribution in [0.15, 0.2) is 12.1 Å². The third-order valence-electron chi connectivity index (χ3n) is 2.32. The number of esters is 1. The van der Waals surface area contributed by atoms with Crippen molar-refractivity contribution in [3.63, 3.8) is 0 Å². The van der Waals surface area contributed by atoms with E-state index in [9.17, 15) is 35.9 Å². The summed E-state index contributed by atoms with van der Waals surface area (Å²) in [6, 6.07) is -0.0756. The van der Waals surface area contributed by atoms with Crippen LogP contribution in [-0.4, -0.2) is 19.4 Å². The van der Waals surface area contributed by atoms with Crippen molar-refractivity contribution < 1.29 is 40.7 Å². The summed E-state index contributed by atoms with van der Waals surface area (Å²) < 4.78 is 79.7. The Hall–Kier alpha value is -2.06. The third-order valence-corrected chi connectivity index (χ3v) is 2.32. The zero-order valence-corrected chi connectivity index (χ0v) is 9.72. The molecule has 110 valence electrons. The van der Waals surface area contributed by atoms with Gasteiger partial charge >= 0.3 is 18.3 Å². The Morgan fingerprint density at radius 3 is 2.00 bits per heavy atom. The van der Waals surface area contributed by atoms with Crippen LogP contribution < -0.4 is 0 Å². The molecular formula is C11H6F6O3. The second kappa shape index (κ2) is 5.14. The van der Waals surface area contributed by atoms with E-state index in [1.807, 2.05) is 0 Å². The molecule has 0 aliphatic heterocycles. The minimum absolute atomic E-state index is 0.161. The van der Waals surface area contributed by atoms with Gasteiger partial charge in [0.15, 0.2) is 6.29 Å². The van der Waals surface area contributed by atoms with Crippen molar-refractivity contribution in [3.05, 3.63) is 34.4 Å². The zero-order chi connectivity index (χ0) is 15.7. The zero-order valence-electron chi connectivity index (χ0n) is 9.72. The van der Waals surface area contributed by atoms with Crippen LogP contribution in [0.3, 0.4) is 0 Å². The average Bonchev–Trinajstić information content (AvgIpc) is 2.33. The number of carbonyl (C=O) groups is 2. The van der Waals surface area contributed by atoms with E-state index in [1.165, 1.54) is 0 Å². The van der Waals surface area contributed by atoms with E-state index >= 15 is 0 Å². The Labute approximate surface area is 108 Å². The predicted octanol–water partition coefficient (Wildman–Crippen LogP) is 3.32. The number of carbonyl (C=O) groups excluding carboxylic acids is 2. The summed E-state index contributed by atoms with van der Waals surface area (Å²) in [5.74, 6) is -1.55. The fraction of sp³-hybridized carbons (Fsp3) is 0.273. The van der Waals surface area contributed by atoms with Crippen molar-refractivity contribution in [2.24, 2.45) is 0 Å². The fourth-order valence-corrected chi connectivity index (χ4v) is 1.47. The molecule has 3 nitrogen and oxygen atoms in total. The molecule has 1 rings (SSSR count). The van der Waals surface area contributed by atoms with Gasteiger partial charge in [0.25, 0.3) is 0 Å². The molecule has 0 atom stereocenters. The van der Waals surface area contributed by atoms with E-state index in [2.05, 4.69) is 4.74 Å². The molecule has 1 aromatic carbocycles. The summed E-state index contributed by atoms with van der Waals surface area (Å²) in [5, 5.41) is 0. The maximum atomic E-state index is 12.7. The number of ether oxygens (including phenoxy) is 1. The lowest BCUT2D eigenvalue weighted by Gasteiger charge is -2.16. The standard InChI is InChI=1S/C11H6F6O3/c1-20-9(19)8-5(4-18)2-6(10(12,13)14)3-7(8)11(15,16)17/h2-4H,1H3. The number of halogens is 6. The van der Waals surface area contributed by atoms with Crippen LogP contribution in [0.1, 0.15) is 31.8 Å². The van der Waals surface area contributed by atoms with Crippen LogP contribution in [0.5, 0.6) is 0 Å². The highest BCUT2D eigenvalue weighted by Crippen LogP contribution is 2.38. The third kappa shape index (κ3) is 3.09. The maximum Gasteiger partial charge on any atom is 0.417 e. The van der Waals surface area contributed by atoms with Gasteiger partial charge < -0.3 is 4.74 Å². The molecule has 0 aromatic heterocycles. The second-order valence-electron chi connectivity index (χ2n) is 3.59. The first-order valence-corrected chi connectivity index (χ1v) is 4.88. The fourth-order valence-electron chi connectivity index (χ4n) is 1.47. The van der Waals surface area contributed by atoms with Crippen LogP contribution in [0.2, 0.25) is 0 Å². The minimum Gasteiger partial charge on any atom is -0.465 e. The number of benzene rings is 1. The van der Waals surface area contributed by atoms with E-state index in [0.29, 0.717) is 0 Å². The van der Waals surface area contributed by atoms with E-state index in [0.717, 1.165) is 7.11 Å². The van der Waals surface area contributed by atoms with E-state index in [-0.39, 0.29) is 18.4 Å². The Kier molecular flexibility index (Phi) is 4.11. The first-order chi connectivity index (χ1) is 9.02. The van der Waals surface area contributed by atoms with Crippen LogP contribution in [-0.2, 0) is 17.1 Å². The molecule has 0 saturated carbocycles. The summed E-state index contributed by atoms with van der Waals surface area (Å²) in [5.41, 5.74) is -5.84. The summed E-state index contributed by atoms with van der Waals surface area (Å²) in [6.07, 6.45) is -10.6. The van der Waals surface area contributed by atoms with Gasteiger partial charge in [-0.2, -0.15) is 26.3 Å². The second-order valence-corrected chi connectivity index (χ2v) is 3.59. The summed E-state index contributed by atoms with van der Waals surface area (Å²) in [6.45, 7) is 0. The number of methoxy groups -OCH3 is 1. The lowest BCUT2D eigenvalue weighted by Crippen LogP contribution is -2.19. The van der Waals surface area contributed by atoms with E-state index < -0.39 is 40.6 Å². The van der Waals surface area contributed by atoms with Gasteiger partial charge in [-0.25, -0.2) is 4.79 Å². The lowest BCUT2D eigenvalue weighted by atomic mass is 9.97. The summed E-state index contributed by atoms with van der Waals surface area (Å²) in [7, 11) is 0.745. The predicted molar refractivity (Wildman–Crippen MR) is 53.2 cm³/mol. The van der Waals surface area contributed by atoms with Gasteiger partial charge in [0.2, 0.25) is 0 Å². The molecule has 0 aliphatic carbocycles. The van der Waals surface area contributed by atoms with Gasteiger partial charge in [-0.15, -0.1) is 0 Å². The van der Waals surface area contributed by atoms with Gasteiger partial charge in [0.1, 0.15) is 0 Å². The maximum absolute atomic E-state index is 12.7. The Bertz CT molecular complexity index is 544. The number of aldehydes is 1. The highest BCUT2D eigenvalue weighted by Gasteiger charge is 2.41. The summed E-state index contributed by atoms with van der Waals surface area (Å²) >= 11 is 0. The van der Waals surface area contributed by atoms with Gasteiger partial charge in [0.05, 0.1) is 23.8 Å². The number of hydrogen-bond donors (Lipinski definition) is 0. The van der Waals surface area contributed by atoms with Crippen molar-refractivity contribution in [1.82, 2.24) is 0 Å². The molecule has 1 aromatic rings. The highest BCUT2D eigenvalue weighted by molar-refractivity contribution is 6.00. The van der Waals surface area contributed by atoms with Gasteiger partial charge in [-0.3, -0.25) is 4.79 Å². The quantitative estimate of drug-likeness (QED) is 0.478. The Morgan fingerprint density at radius 1 is 1.10 bits per heavy atom. The average molecular weight is 300 g/mol. The molecule has 0 saturated heterocycles. The normalized spacial score (nSPS) is 12.2. The molecule has 0 amide bonds. The molecule has 0 N–H and O–H groups in total. The van der Waals surface area contributed by atoms with Gasteiger partial charge in [-0.1, -0.05) is 0 Å². The van der Waals surface area contributed by atoms with E-state index in [1.54, 1.807) is 0 Å². The SMILES string of the molecule is COC(=O)c1c(C=O)cc(C(F)(F)F)cc1C(F)(F)F. The van der Waals surface area contributed by atoms with Gasteiger partial charge in [0, 0.05) is 5.56 Å². The van der Waals surface area contributed by atoms with Gasteiger partial charge in [-0.05, 0) is 12.1 Å². The molecule has 0 heterocycles. The first kappa shape index (κ1) is 16.0. The molecule has 0 radical (unpaired) electrons. The highest BCUT2D eigenvalue weighted by atomic mass is 19.4. The molecule has 20 heavy (non-hydrogen) atoms.